The van der Waals surface area contributed by atoms with E-state index in [1.54, 1.807) is 27.7 Å². The van der Waals surface area contributed by atoms with E-state index in [9.17, 15) is 14.4 Å². The number of methoxy groups -OCH3 is 1. The number of carbonyl (C=O) groups excluding carboxylic acids is 2. The van der Waals surface area contributed by atoms with Crippen LogP contribution in [0.5, 0.6) is 0 Å². The Morgan fingerprint density at radius 2 is 1.83 bits per heavy atom. The van der Waals surface area contributed by atoms with Crippen molar-refractivity contribution in [2.75, 3.05) is 26.0 Å². The van der Waals surface area contributed by atoms with E-state index in [-0.39, 0.29) is 12.4 Å². The van der Waals surface area contributed by atoms with Crippen molar-refractivity contribution in [3.05, 3.63) is 22.7 Å². The van der Waals surface area contributed by atoms with Gasteiger partial charge in [0.25, 0.3) is 0 Å². The van der Waals surface area contributed by atoms with E-state index >= 15 is 4.39 Å². The summed E-state index contributed by atoms with van der Waals surface area (Å²) in [5.74, 6) is -2.48. The van der Waals surface area contributed by atoms with Gasteiger partial charge in [-0.1, -0.05) is 27.7 Å². The van der Waals surface area contributed by atoms with Crippen LogP contribution in [-0.4, -0.2) is 53.5 Å². The first kappa shape index (κ1) is 24.5. The van der Waals surface area contributed by atoms with E-state index in [2.05, 4.69) is 4.98 Å². The molecule has 1 heterocycles. The van der Waals surface area contributed by atoms with Crippen LogP contribution in [-0.2, 0) is 23.8 Å². The minimum atomic E-state index is -2.24. The molecule has 0 bridgehead atoms. The third-order valence-corrected chi connectivity index (χ3v) is 4.28. The Labute approximate surface area is 168 Å². The molecule has 1 aromatic heterocycles. The summed E-state index contributed by atoms with van der Waals surface area (Å²) in [7, 11) is 1.21. The Kier molecular flexibility index (Phi) is 8.71. The second-order valence-electron chi connectivity index (χ2n) is 7.16. The Hall–Kier alpha value is -2.53. The highest BCUT2D eigenvalue weighted by molar-refractivity contribution is 5.72. The monoisotopic (exact) mass is 416 g/mol. The minimum absolute atomic E-state index is 0.100. The average Bonchev–Trinajstić information content (AvgIpc) is 2.66. The quantitative estimate of drug-likeness (QED) is 0.517. The normalized spacial score (nSPS) is 15.6. The topological polar surface area (TPSA) is 149 Å². The number of nitrogens with two attached hydrogens (primary N) is 2. The summed E-state index contributed by atoms with van der Waals surface area (Å²) >= 11 is 0. The Morgan fingerprint density at radius 1 is 1.24 bits per heavy atom. The molecule has 0 fully saturated rings. The highest BCUT2D eigenvalue weighted by atomic mass is 19.1. The smallest absolute Gasteiger partial charge is 0.351 e. The van der Waals surface area contributed by atoms with Gasteiger partial charge in [0.15, 0.2) is 11.7 Å². The van der Waals surface area contributed by atoms with Gasteiger partial charge in [0.1, 0.15) is 12.4 Å². The molecule has 10 nitrogen and oxygen atoms in total. The van der Waals surface area contributed by atoms with Crippen molar-refractivity contribution in [3.63, 3.8) is 0 Å². The first-order valence-electron chi connectivity index (χ1n) is 9.10. The molecule has 4 N–H and O–H groups in total. The Bertz CT molecular complexity index is 763. The van der Waals surface area contributed by atoms with Crippen molar-refractivity contribution in [1.82, 2.24) is 9.55 Å². The highest BCUT2D eigenvalue weighted by Gasteiger charge is 2.48. The Morgan fingerprint density at radius 3 is 2.28 bits per heavy atom. The maximum absolute atomic E-state index is 15.5. The molecule has 29 heavy (non-hydrogen) atoms. The first-order valence-corrected chi connectivity index (χ1v) is 9.10. The summed E-state index contributed by atoms with van der Waals surface area (Å²) in [6.45, 7) is 5.48. The van der Waals surface area contributed by atoms with Crippen molar-refractivity contribution < 1.29 is 28.2 Å². The molecule has 0 aromatic carbocycles. The number of nitrogens with zero attached hydrogens (tertiary/aromatic N) is 2. The number of alkyl halides is 1. The molecule has 164 valence electrons. The number of ether oxygens (including phenoxy) is 3. The molecule has 0 amide bonds. The first-order chi connectivity index (χ1) is 13.5. The van der Waals surface area contributed by atoms with Crippen LogP contribution in [0, 0.1) is 11.8 Å². The number of carbonyl (C=O) groups is 2. The highest BCUT2D eigenvalue weighted by Crippen LogP contribution is 2.30. The number of rotatable bonds is 10. The molecule has 1 rings (SSSR count). The molecular formula is C18H29FN4O6. The van der Waals surface area contributed by atoms with E-state index in [0.29, 0.717) is 4.57 Å². The van der Waals surface area contributed by atoms with E-state index in [1.165, 1.54) is 13.2 Å². The van der Waals surface area contributed by atoms with Gasteiger partial charge in [0.2, 0.25) is 6.30 Å². The fraction of sp³-hybridized carbons (Fsp3) is 0.667. The second-order valence-corrected chi connectivity index (χ2v) is 7.16. The molecule has 3 atom stereocenters. The van der Waals surface area contributed by atoms with Gasteiger partial charge >= 0.3 is 17.6 Å². The number of hydrogen-bond acceptors (Lipinski definition) is 9. The average molecular weight is 416 g/mol. The molecule has 0 spiro atoms. The van der Waals surface area contributed by atoms with Crippen LogP contribution in [0.2, 0.25) is 0 Å². The number of aromatic nitrogens is 2. The van der Waals surface area contributed by atoms with Crippen LogP contribution < -0.4 is 17.2 Å². The summed E-state index contributed by atoms with van der Waals surface area (Å²) < 4.78 is 32.0. The molecule has 0 radical (unpaired) electrons. The molecular weight excluding hydrogens is 387 g/mol. The number of hydrogen-bond donors (Lipinski definition) is 2. The van der Waals surface area contributed by atoms with Crippen LogP contribution in [0.15, 0.2) is 17.1 Å². The SMILES string of the molecule is CO[C@](CN)(COC(=O)C(C)C)[C@@H](OC(=O)C(C)C)[C@@H](F)n1ccc(N)nc1=O. The number of halogens is 1. The molecule has 11 heteroatoms. The summed E-state index contributed by atoms with van der Waals surface area (Å²) in [6.07, 6.45) is -2.88. The summed E-state index contributed by atoms with van der Waals surface area (Å²) in [5.41, 5.74) is 8.50. The van der Waals surface area contributed by atoms with Gasteiger partial charge in [0.05, 0.1) is 11.8 Å². The van der Waals surface area contributed by atoms with E-state index in [4.69, 9.17) is 25.7 Å². The van der Waals surface area contributed by atoms with Gasteiger partial charge < -0.3 is 25.7 Å². The third-order valence-electron chi connectivity index (χ3n) is 4.28. The fourth-order valence-electron chi connectivity index (χ4n) is 2.31. The predicted molar refractivity (Wildman–Crippen MR) is 102 cm³/mol. The zero-order chi connectivity index (χ0) is 22.4. The zero-order valence-electron chi connectivity index (χ0n) is 17.3. The lowest BCUT2D eigenvalue weighted by atomic mass is 9.95. The van der Waals surface area contributed by atoms with Crippen LogP contribution >= 0.6 is 0 Å². The van der Waals surface area contributed by atoms with Gasteiger partial charge in [-0.15, -0.1) is 0 Å². The van der Waals surface area contributed by atoms with E-state index < -0.39 is 54.1 Å². The second kappa shape index (κ2) is 10.3. The maximum Gasteiger partial charge on any atom is 0.351 e. The number of anilines is 1. The van der Waals surface area contributed by atoms with Crippen molar-refractivity contribution in [2.24, 2.45) is 17.6 Å². The van der Waals surface area contributed by atoms with Crippen LogP contribution in [0.4, 0.5) is 10.2 Å². The molecule has 1 aromatic rings. The number of esters is 2. The summed E-state index contributed by atoms with van der Waals surface area (Å²) in [5, 5.41) is 0. The lowest BCUT2D eigenvalue weighted by molar-refractivity contribution is -0.202. The minimum Gasteiger partial charge on any atom is -0.462 e. The summed E-state index contributed by atoms with van der Waals surface area (Å²) in [6, 6.07) is 1.21. The van der Waals surface area contributed by atoms with Gasteiger partial charge in [-0.3, -0.25) is 14.2 Å². The zero-order valence-corrected chi connectivity index (χ0v) is 17.3. The fourth-order valence-corrected chi connectivity index (χ4v) is 2.31. The predicted octanol–water partition coefficient (Wildman–Crippen LogP) is 0.405. The third kappa shape index (κ3) is 5.97. The van der Waals surface area contributed by atoms with E-state index in [1.807, 2.05) is 0 Å². The molecule has 0 aliphatic heterocycles. The van der Waals surface area contributed by atoms with Crippen molar-refractivity contribution >= 4 is 17.8 Å². The largest absolute Gasteiger partial charge is 0.462 e. The molecule has 0 saturated heterocycles. The molecule has 0 unspecified atom stereocenters. The van der Waals surface area contributed by atoms with Crippen molar-refractivity contribution in [3.8, 4) is 0 Å². The van der Waals surface area contributed by atoms with Crippen LogP contribution in [0.3, 0.4) is 0 Å². The number of nitrogen functional groups attached to an aromatic ring is 1. The van der Waals surface area contributed by atoms with Crippen molar-refractivity contribution in [2.45, 2.75) is 45.7 Å². The molecule has 0 saturated carbocycles. The van der Waals surface area contributed by atoms with Gasteiger partial charge in [0, 0.05) is 19.9 Å². The van der Waals surface area contributed by atoms with E-state index in [0.717, 1.165) is 6.20 Å². The van der Waals surface area contributed by atoms with Gasteiger partial charge in [-0.05, 0) is 6.07 Å². The lowest BCUT2D eigenvalue weighted by Gasteiger charge is -2.39. The molecule has 0 aliphatic rings. The van der Waals surface area contributed by atoms with Crippen molar-refractivity contribution in [1.29, 1.82) is 0 Å². The maximum atomic E-state index is 15.5. The lowest BCUT2D eigenvalue weighted by Crippen LogP contribution is -2.59. The summed E-state index contributed by atoms with van der Waals surface area (Å²) in [4.78, 5) is 39.7. The van der Waals surface area contributed by atoms with Gasteiger partial charge in [-0.25, -0.2) is 9.18 Å². The van der Waals surface area contributed by atoms with Crippen LogP contribution in [0.1, 0.15) is 34.0 Å². The molecule has 0 aliphatic carbocycles. The van der Waals surface area contributed by atoms with Crippen LogP contribution in [0.25, 0.3) is 0 Å². The standard InChI is InChI=1S/C18H29FN4O6/c1-10(2)15(24)28-9-18(8-20,27-5)13(29-16(25)11(3)4)14(19)23-7-6-12(21)22-17(23)26/h6-7,10-11,13-14H,8-9,20H2,1-5H3,(H2,21,22,26)/t13-,14-,18+/m0/s1. The Balaban J connectivity index is 3.39. The van der Waals surface area contributed by atoms with Gasteiger partial charge in [-0.2, -0.15) is 4.98 Å².